The van der Waals surface area contributed by atoms with E-state index in [4.69, 9.17) is 0 Å². The molecule has 1 saturated heterocycles. The van der Waals surface area contributed by atoms with Gasteiger partial charge in [0.05, 0.1) is 0 Å². The van der Waals surface area contributed by atoms with E-state index in [0.29, 0.717) is 5.92 Å². The predicted octanol–water partition coefficient (Wildman–Crippen LogP) is 2.49. The van der Waals surface area contributed by atoms with Gasteiger partial charge in [-0.15, -0.1) is 11.8 Å². The number of carbonyl (C=O) groups excluding carboxylic acids is 1. The van der Waals surface area contributed by atoms with E-state index < -0.39 is 0 Å². The van der Waals surface area contributed by atoms with Crippen LogP contribution in [0.5, 0.6) is 0 Å². The van der Waals surface area contributed by atoms with Crippen molar-refractivity contribution in [2.45, 2.75) is 17.9 Å². The molecule has 3 rings (SSSR count). The Balaban J connectivity index is 1.50. The fraction of sp³-hybridized carbons (Fsp3) is 0.333. The zero-order chi connectivity index (χ0) is 16.1. The Hall–Kier alpha value is -2.01. The molecule has 0 bridgehead atoms. The fourth-order valence-corrected chi connectivity index (χ4v) is 3.81. The highest BCUT2D eigenvalue weighted by Gasteiger charge is 2.26. The van der Waals surface area contributed by atoms with Crippen molar-refractivity contribution in [1.82, 2.24) is 9.47 Å². The van der Waals surface area contributed by atoms with E-state index in [1.54, 1.807) is 18.3 Å². The molecule has 2 aromatic rings. The second kappa shape index (κ2) is 7.51. The molecule has 5 heteroatoms. The minimum absolute atomic E-state index is 0.0329. The van der Waals surface area contributed by atoms with Crippen LogP contribution < -0.4 is 5.56 Å². The average Bonchev–Trinajstić information content (AvgIpc) is 3.05. The highest BCUT2D eigenvalue weighted by molar-refractivity contribution is 7.99. The summed E-state index contributed by atoms with van der Waals surface area (Å²) in [5, 5.41) is 0. The molecular weight excluding hydrogens is 308 g/mol. The zero-order valence-electron chi connectivity index (χ0n) is 12.9. The summed E-state index contributed by atoms with van der Waals surface area (Å²) in [6.45, 7) is 1.72. The largest absolute Gasteiger partial charge is 0.341 e. The van der Waals surface area contributed by atoms with Crippen LogP contribution in [0.1, 0.15) is 6.42 Å². The van der Waals surface area contributed by atoms with Gasteiger partial charge in [0.25, 0.3) is 5.56 Å². The topological polar surface area (TPSA) is 42.3 Å². The summed E-state index contributed by atoms with van der Waals surface area (Å²) in [6, 6.07) is 15.3. The maximum absolute atomic E-state index is 12.3. The summed E-state index contributed by atoms with van der Waals surface area (Å²) in [4.78, 5) is 27.2. The Bertz CT molecular complexity index is 714. The van der Waals surface area contributed by atoms with Gasteiger partial charge in [-0.2, -0.15) is 0 Å². The molecule has 2 heterocycles. The molecule has 0 spiro atoms. The van der Waals surface area contributed by atoms with Gasteiger partial charge in [-0.1, -0.05) is 24.3 Å². The normalized spacial score (nSPS) is 17.4. The maximum Gasteiger partial charge on any atom is 0.250 e. The quantitative estimate of drug-likeness (QED) is 0.792. The molecule has 1 aromatic carbocycles. The Labute approximate surface area is 140 Å². The van der Waals surface area contributed by atoms with Gasteiger partial charge in [-0.05, 0) is 30.5 Å². The van der Waals surface area contributed by atoms with E-state index in [1.807, 2.05) is 34.9 Å². The van der Waals surface area contributed by atoms with Gasteiger partial charge < -0.3 is 9.47 Å². The van der Waals surface area contributed by atoms with Crippen molar-refractivity contribution in [1.29, 1.82) is 0 Å². The van der Waals surface area contributed by atoms with Gasteiger partial charge in [0, 0.05) is 36.0 Å². The molecule has 1 fully saturated rings. The van der Waals surface area contributed by atoms with Gasteiger partial charge in [0.15, 0.2) is 0 Å². The van der Waals surface area contributed by atoms with E-state index in [9.17, 15) is 9.59 Å². The molecule has 1 aromatic heterocycles. The highest BCUT2D eigenvalue weighted by atomic mass is 32.2. The summed E-state index contributed by atoms with van der Waals surface area (Å²) in [5.41, 5.74) is -0.128. The number of hydrogen-bond acceptors (Lipinski definition) is 3. The number of rotatable bonds is 5. The minimum Gasteiger partial charge on any atom is -0.341 e. The van der Waals surface area contributed by atoms with Crippen molar-refractivity contribution in [3.63, 3.8) is 0 Å². The van der Waals surface area contributed by atoms with Crippen LogP contribution >= 0.6 is 11.8 Å². The average molecular weight is 328 g/mol. The predicted molar refractivity (Wildman–Crippen MR) is 92.6 cm³/mol. The number of amides is 1. The molecule has 0 aliphatic carbocycles. The molecule has 1 atom stereocenters. The van der Waals surface area contributed by atoms with E-state index in [1.165, 1.54) is 15.5 Å². The van der Waals surface area contributed by atoms with E-state index in [0.717, 1.165) is 25.3 Å². The van der Waals surface area contributed by atoms with Gasteiger partial charge in [0.1, 0.15) is 6.54 Å². The lowest BCUT2D eigenvalue weighted by molar-refractivity contribution is -0.130. The summed E-state index contributed by atoms with van der Waals surface area (Å²) < 4.78 is 1.47. The number of benzene rings is 1. The number of likely N-dealkylation sites (tertiary alicyclic amines) is 1. The number of aromatic nitrogens is 1. The summed E-state index contributed by atoms with van der Waals surface area (Å²) >= 11 is 1.84. The highest BCUT2D eigenvalue weighted by Crippen LogP contribution is 2.25. The van der Waals surface area contributed by atoms with Crippen LogP contribution in [-0.2, 0) is 11.3 Å². The molecule has 0 radical (unpaired) electrons. The molecule has 0 unspecified atom stereocenters. The van der Waals surface area contributed by atoms with Crippen molar-refractivity contribution in [3.05, 3.63) is 65.1 Å². The van der Waals surface area contributed by atoms with Crippen LogP contribution in [-0.4, -0.2) is 34.2 Å². The molecule has 1 aliphatic rings. The fourth-order valence-electron chi connectivity index (χ4n) is 2.76. The van der Waals surface area contributed by atoms with Crippen molar-refractivity contribution in [2.75, 3.05) is 18.8 Å². The zero-order valence-corrected chi connectivity index (χ0v) is 13.7. The van der Waals surface area contributed by atoms with Gasteiger partial charge in [-0.25, -0.2) is 0 Å². The van der Waals surface area contributed by atoms with Crippen LogP contribution in [0.25, 0.3) is 0 Å². The van der Waals surface area contributed by atoms with Crippen molar-refractivity contribution in [2.24, 2.45) is 5.92 Å². The summed E-state index contributed by atoms with van der Waals surface area (Å²) in [5.74, 6) is 1.58. The molecule has 120 valence electrons. The lowest BCUT2D eigenvalue weighted by Crippen LogP contribution is -2.34. The molecule has 0 N–H and O–H groups in total. The number of nitrogens with zero attached hydrogens (tertiary/aromatic N) is 2. The second-order valence-electron chi connectivity index (χ2n) is 5.79. The van der Waals surface area contributed by atoms with Crippen LogP contribution in [0.3, 0.4) is 0 Å². The number of pyridine rings is 1. The van der Waals surface area contributed by atoms with Crippen molar-refractivity contribution >= 4 is 17.7 Å². The lowest BCUT2D eigenvalue weighted by Gasteiger charge is -2.17. The SMILES string of the molecule is O=C(Cn1ccccc1=O)N1CC[C@H](CSc2ccccc2)C1. The van der Waals surface area contributed by atoms with E-state index in [2.05, 4.69) is 12.1 Å². The Morgan fingerprint density at radius 2 is 1.91 bits per heavy atom. The number of carbonyl (C=O) groups is 1. The first kappa shape index (κ1) is 15.9. The molecule has 1 aliphatic heterocycles. The number of thioether (sulfide) groups is 1. The monoisotopic (exact) mass is 328 g/mol. The molecular formula is C18H20N2O2S. The third kappa shape index (κ3) is 4.26. The van der Waals surface area contributed by atoms with Crippen LogP contribution in [0.15, 0.2) is 64.4 Å². The van der Waals surface area contributed by atoms with Gasteiger partial charge in [0.2, 0.25) is 5.91 Å². The Morgan fingerprint density at radius 1 is 1.13 bits per heavy atom. The standard InChI is InChI=1S/C18H20N2O2S/c21-17-8-4-5-10-19(17)13-18(22)20-11-9-15(12-20)14-23-16-6-2-1-3-7-16/h1-8,10,15H,9,11-14H2/t15-/m0/s1. The number of hydrogen-bond donors (Lipinski definition) is 0. The van der Waals surface area contributed by atoms with Gasteiger partial charge >= 0.3 is 0 Å². The van der Waals surface area contributed by atoms with Crippen molar-refractivity contribution in [3.8, 4) is 0 Å². The molecule has 0 saturated carbocycles. The second-order valence-corrected chi connectivity index (χ2v) is 6.88. The summed E-state index contributed by atoms with van der Waals surface area (Å²) in [7, 11) is 0. The Morgan fingerprint density at radius 3 is 2.70 bits per heavy atom. The lowest BCUT2D eigenvalue weighted by atomic mass is 10.2. The van der Waals surface area contributed by atoms with E-state index in [-0.39, 0.29) is 18.0 Å². The Kier molecular flexibility index (Phi) is 5.18. The first-order valence-corrected chi connectivity index (χ1v) is 8.82. The minimum atomic E-state index is -0.128. The van der Waals surface area contributed by atoms with Crippen LogP contribution in [0, 0.1) is 5.92 Å². The third-order valence-electron chi connectivity index (χ3n) is 4.07. The van der Waals surface area contributed by atoms with Crippen LogP contribution in [0.2, 0.25) is 0 Å². The maximum atomic E-state index is 12.3. The van der Waals surface area contributed by atoms with Crippen LogP contribution in [0.4, 0.5) is 0 Å². The smallest absolute Gasteiger partial charge is 0.250 e. The first-order valence-electron chi connectivity index (χ1n) is 7.83. The molecule has 1 amide bonds. The van der Waals surface area contributed by atoms with Gasteiger partial charge in [-0.3, -0.25) is 9.59 Å². The third-order valence-corrected chi connectivity index (χ3v) is 5.32. The van der Waals surface area contributed by atoms with E-state index >= 15 is 0 Å². The molecule has 23 heavy (non-hydrogen) atoms. The summed E-state index contributed by atoms with van der Waals surface area (Å²) in [6.07, 6.45) is 2.70. The first-order chi connectivity index (χ1) is 11.2. The van der Waals surface area contributed by atoms with Crippen molar-refractivity contribution < 1.29 is 4.79 Å². The molecule has 4 nitrogen and oxygen atoms in total.